The van der Waals surface area contributed by atoms with Crippen LogP contribution in [-0.4, -0.2) is 53.7 Å². The van der Waals surface area contributed by atoms with Crippen LogP contribution in [0, 0.1) is 12.8 Å². The van der Waals surface area contributed by atoms with E-state index in [1.807, 2.05) is 32.8 Å². The van der Waals surface area contributed by atoms with Gasteiger partial charge in [0.15, 0.2) is 0 Å². The standard InChI is InChI=1S/C14H24N4O3/c1-8(2)11(7-18(4)5)17-14(21)16-10-6-9(3)15-12(10)13(19)20/h6,8,11,15H,7H2,1-5H3,(H,19,20)(H2,16,17,21). The first-order chi connectivity index (χ1) is 9.70. The number of hydrogen-bond donors (Lipinski definition) is 4. The number of amides is 2. The summed E-state index contributed by atoms with van der Waals surface area (Å²) in [6, 6.07) is 1.17. The van der Waals surface area contributed by atoms with Gasteiger partial charge < -0.3 is 25.6 Å². The Bertz CT molecular complexity index is 508. The van der Waals surface area contributed by atoms with Gasteiger partial charge in [0.05, 0.1) is 5.69 Å². The number of carbonyl (C=O) groups excluding carboxylic acids is 1. The SMILES string of the molecule is Cc1cc(NC(=O)NC(CN(C)C)C(C)C)c(C(=O)O)[nH]1. The summed E-state index contributed by atoms with van der Waals surface area (Å²) in [5.74, 6) is -0.836. The number of nitrogens with one attached hydrogen (secondary N) is 3. The van der Waals surface area contributed by atoms with E-state index in [2.05, 4.69) is 15.6 Å². The number of H-pyrrole nitrogens is 1. The maximum atomic E-state index is 12.0. The van der Waals surface area contributed by atoms with E-state index >= 15 is 0 Å². The largest absolute Gasteiger partial charge is 0.477 e. The Kier molecular flexibility index (Phi) is 5.78. The van der Waals surface area contributed by atoms with Crippen molar-refractivity contribution in [2.24, 2.45) is 5.92 Å². The Labute approximate surface area is 124 Å². The average Bonchev–Trinajstić information content (AvgIpc) is 2.68. The highest BCUT2D eigenvalue weighted by atomic mass is 16.4. The van der Waals surface area contributed by atoms with Crippen LogP contribution < -0.4 is 10.6 Å². The Morgan fingerprint density at radius 1 is 1.38 bits per heavy atom. The molecule has 2 amide bonds. The van der Waals surface area contributed by atoms with Crippen LogP contribution in [0.3, 0.4) is 0 Å². The molecule has 7 nitrogen and oxygen atoms in total. The minimum absolute atomic E-state index is 0.0173. The van der Waals surface area contributed by atoms with Crippen molar-refractivity contribution in [1.29, 1.82) is 0 Å². The summed E-state index contributed by atoms with van der Waals surface area (Å²) >= 11 is 0. The number of aromatic nitrogens is 1. The van der Waals surface area contributed by atoms with E-state index in [1.165, 1.54) is 0 Å². The molecule has 0 saturated heterocycles. The molecule has 21 heavy (non-hydrogen) atoms. The van der Waals surface area contributed by atoms with Gasteiger partial charge in [0.25, 0.3) is 0 Å². The number of nitrogens with zero attached hydrogens (tertiary/aromatic N) is 1. The predicted octanol–water partition coefficient (Wildman–Crippen LogP) is 1.73. The topological polar surface area (TPSA) is 97.5 Å². The van der Waals surface area contributed by atoms with E-state index in [-0.39, 0.29) is 23.3 Å². The molecule has 0 fully saturated rings. The van der Waals surface area contributed by atoms with Gasteiger partial charge in [-0.1, -0.05) is 13.8 Å². The van der Waals surface area contributed by atoms with Crippen LogP contribution in [0.15, 0.2) is 6.07 Å². The molecule has 1 heterocycles. The van der Waals surface area contributed by atoms with Gasteiger partial charge in [0.1, 0.15) is 5.69 Å². The van der Waals surface area contributed by atoms with Gasteiger partial charge >= 0.3 is 12.0 Å². The molecule has 4 N–H and O–H groups in total. The minimum Gasteiger partial charge on any atom is -0.477 e. The van der Waals surface area contributed by atoms with E-state index in [0.717, 1.165) is 0 Å². The van der Waals surface area contributed by atoms with Crippen molar-refractivity contribution in [3.8, 4) is 0 Å². The fraction of sp³-hybridized carbons (Fsp3) is 0.571. The minimum atomic E-state index is -1.10. The van der Waals surface area contributed by atoms with Gasteiger partial charge in [-0.3, -0.25) is 0 Å². The second-order valence-electron chi connectivity index (χ2n) is 5.76. The van der Waals surface area contributed by atoms with Gasteiger partial charge in [0, 0.05) is 18.3 Å². The third-order valence-corrected chi connectivity index (χ3v) is 3.10. The van der Waals surface area contributed by atoms with Crippen molar-refractivity contribution in [3.63, 3.8) is 0 Å². The smallest absolute Gasteiger partial charge is 0.354 e. The Morgan fingerprint density at radius 2 is 2.00 bits per heavy atom. The molecular weight excluding hydrogens is 272 g/mol. The third-order valence-electron chi connectivity index (χ3n) is 3.10. The van der Waals surface area contributed by atoms with Gasteiger partial charge in [-0.05, 0) is 33.0 Å². The van der Waals surface area contributed by atoms with Crippen LogP contribution in [0.4, 0.5) is 10.5 Å². The monoisotopic (exact) mass is 296 g/mol. The highest BCUT2D eigenvalue weighted by Gasteiger charge is 2.19. The number of carboxylic acids is 1. The van der Waals surface area contributed by atoms with Gasteiger partial charge in [0.2, 0.25) is 0 Å². The number of carboxylic acid groups (broad SMARTS) is 1. The molecule has 118 valence electrons. The Morgan fingerprint density at radius 3 is 2.48 bits per heavy atom. The Balaban J connectivity index is 2.74. The van der Waals surface area contributed by atoms with Crippen molar-refractivity contribution < 1.29 is 14.7 Å². The molecule has 0 aromatic carbocycles. The summed E-state index contributed by atoms with van der Waals surface area (Å²) < 4.78 is 0. The molecule has 0 saturated carbocycles. The summed E-state index contributed by atoms with van der Waals surface area (Å²) in [4.78, 5) is 27.8. The number of aryl methyl sites for hydroxylation is 1. The number of anilines is 1. The molecule has 1 aromatic heterocycles. The zero-order chi connectivity index (χ0) is 16.2. The van der Waals surface area contributed by atoms with Crippen LogP contribution >= 0.6 is 0 Å². The van der Waals surface area contributed by atoms with Crippen LogP contribution in [0.2, 0.25) is 0 Å². The molecule has 0 bridgehead atoms. The lowest BCUT2D eigenvalue weighted by Crippen LogP contribution is -2.46. The fourth-order valence-electron chi connectivity index (χ4n) is 2.00. The maximum Gasteiger partial charge on any atom is 0.354 e. The average molecular weight is 296 g/mol. The normalized spacial score (nSPS) is 12.5. The lowest BCUT2D eigenvalue weighted by atomic mass is 10.0. The zero-order valence-corrected chi connectivity index (χ0v) is 13.2. The first-order valence-electron chi connectivity index (χ1n) is 6.85. The maximum absolute atomic E-state index is 12.0. The molecule has 0 spiro atoms. The number of likely N-dealkylation sites (N-methyl/N-ethyl adjacent to an activating group) is 1. The molecule has 1 unspecified atom stereocenters. The van der Waals surface area contributed by atoms with E-state index in [1.54, 1.807) is 13.0 Å². The number of urea groups is 1. The first kappa shape index (κ1) is 17.0. The number of aromatic amines is 1. The molecular formula is C14H24N4O3. The number of hydrogen-bond acceptors (Lipinski definition) is 3. The van der Waals surface area contributed by atoms with Crippen LogP contribution in [0.5, 0.6) is 0 Å². The van der Waals surface area contributed by atoms with Crippen molar-refractivity contribution >= 4 is 17.7 Å². The van der Waals surface area contributed by atoms with Gasteiger partial charge in [-0.25, -0.2) is 9.59 Å². The summed E-state index contributed by atoms with van der Waals surface area (Å²) in [7, 11) is 3.88. The summed E-state index contributed by atoms with van der Waals surface area (Å²) in [5, 5.41) is 14.5. The van der Waals surface area contributed by atoms with Crippen molar-refractivity contribution in [1.82, 2.24) is 15.2 Å². The number of rotatable bonds is 6. The summed E-state index contributed by atoms with van der Waals surface area (Å²) in [6.07, 6.45) is 0. The van der Waals surface area contributed by atoms with E-state index in [9.17, 15) is 9.59 Å². The molecule has 0 radical (unpaired) electrons. The molecule has 7 heteroatoms. The lowest BCUT2D eigenvalue weighted by molar-refractivity contribution is 0.0692. The third kappa shape index (κ3) is 5.11. The molecule has 0 aliphatic rings. The van der Waals surface area contributed by atoms with E-state index in [4.69, 9.17) is 5.11 Å². The Hall–Kier alpha value is -2.02. The highest BCUT2D eigenvalue weighted by molar-refractivity contribution is 5.99. The second-order valence-corrected chi connectivity index (χ2v) is 5.76. The molecule has 1 aromatic rings. The number of aromatic carboxylic acids is 1. The first-order valence-corrected chi connectivity index (χ1v) is 6.85. The van der Waals surface area contributed by atoms with E-state index in [0.29, 0.717) is 12.2 Å². The van der Waals surface area contributed by atoms with Crippen LogP contribution in [-0.2, 0) is 0 Å². The van der Waals surface area contributed by atoms with Crippen molar-refractivity contribution in [2.75, 3.05) is 26.0 Å². The molecule has 1 atom stereocenters. The quantitative estimate of drug-likeness (QED) is 0.642. The second kappa shape index (κ2) is 7.12. The van der Waals surface area contributed by atoms with Crippen molar-refractivity contribution in [3.05, 3.63) is 17.5 Å². The molecule has 0 aliphatic carbocycles. The lowest BCUT2D eigenvalue weighted by Gasteiger charge is -2.25. The zero-order valence-electron chi connectivity index (χ0n) is 13.2. The van der Waals surface area contributed by atoms with Gasteiger partial charge in [-0.2, -0.15) is 0 Å². The number of carbonyl (C=O) groups is 2. The molecule has 1 rings (SSSR count). The fourth-order valence-corrected chi connectivity index (χ4v) is 2.00. The van der Waals surface area contributed by atoms with Crippen molar-refractivity contribution in [2.45, 2.75) is 26.8 Å². The van der Waals surface area contributed by atoms with E-state index < -0.39 is 12.0 Å². The van der Waals surface area contributed by atoms with Crippen LogP contribution in [0.25, 0.3) is 0 Å². The van der Waals surface area contributed by atoms with Gasteiger partial charge in [-0.15, -0.1) is 0 Å². The highest BCUT2D eigenvalue weighted by Crippen LogP contribution is 2.16. The summed E-state index contributed by atoms with van der Waals surface area (Å²) in [6.45, 7) is 6.50. The summed E-state index contributed by atoms with van der Waals surface area (Å²) in [5.41, 5.74) is 0.928. The molecule has 0 aliphatic heterocycles. The predicted molar refractivity (Wildman–Crippen MR) is 81.8 cm³/mol. The van der Waals surface area contributed by atoms with Crippen LogP contribution in [0.1, 0.15) is 30.0 Å².